The maximum atomic E-state index is 12.2. The van der Waals surface area contributed by atoms with Crippen molar-refractivity contribution in [2.45, 2.75) is 32.2 Å². The second-order valence-electron chi connectivity index (χ2n) is 6.80. The molecule has 1 N–H and O–H groups in total. The van der Waals surface area contributed by atoms with Gasteiger partial charge in [0.25, 0.3) is 0 Å². The van der Waals surface area contributed by atoms with Crippen LogP contribution in [0.25, 0.3) is 0 Å². The van der Waals surface area contributed by atoms with Gasteiger partial charge in [0.2, 0.25) is 5.91 Å². The van der Waals surface area contributed by atoms with Crippen LogP contribution in [0.1, 0.15) is 31.2 Å². The van der Waals surface area contributed by atoms with Crippen molar-refractivity contribution in [3.8, 4) is 0 Å². The number of likely N-dealkylation sites (N-methyl/N-ethyl adjacent to an activating group) is 1. The van der Waals surface area contributed by atoms with Crippen molar-refractivity contribution in [3.63, 3.8) is 0 Å². The van der Waals surface area contributed by atoms with Gasteiger partial charge in [-0.15, -0.1) is 0 Å². The van der Waals surface area contributed by atoms with E-state index < -0.39 is 0 Å². The summed E-state index contributed by atoms with van der Waals surface area (Å²) >= 11 is 1.69. The van der Waals surface area contributed by atoms with Crippen LogP contribution >= 0.6 is 11.3 Å². The van der Waals surface area contributed by atoms with Crippen LogP contribution in [0.3, 0.4) is 0 Å². The van der Waals surface area contributed by atoms with Gasteiger partial charge in [-0.2, -0.15) is 11.3 Å². The smallest absolute Gasteiger partial charge is 0.238 e. The summed E-state index contributed by atoms with van der Waals surface area (Å²) in [5.41, 5.74) is 3.38. The molecule has 0 spiro atoms. The summed E-state index contributed by atoms with van der Waals surface area (Å²) in [6.07, 6.45) is 5.22. The van der Waals surface area contributed by atoms with E-state index in [0.717, 1.165) is 25.3 Å². The second kappa shape index (κ2) is 9.02. The van der Waals surface area contributed by atoms with Crippen molar-refractivity contribution in [1.29, 1.82) is 0 Å². The predicted octanol–water partition coefficient (Wildman–Crippen LogP) is 4.20. The van der Waals surface area contributed by atoms with Crippen LogP contribution in [0.5, 0.6) is 0 Å². The molecule has 134 valence electrons. The molecule has 0 atom stereocenters. The summed E-state index contributed by atoms with van der Waals surface area (Å²) in [5.74, 6) is 0.0280. The summed E-state index contributed by atoms with van der Waals surface area (Å²) in [7, 11) is 1.97. The first-order valence-corrected chi connectivity index (χ1v) is 9.99. The predicted molar refractivity (Wildman–Crippen MR) is 106 cm³/mol. The third-order valence-corrected chi connectivity index (χ3v) is 5.30. The molecular weight excluding hydrogens is 330 g/mol. The molecule has 25 heavy (non-hydrogen) atoms. The molecule has 5 heteroatoms. The van der Waals surface area contributed by atoms with Crippen molar-refractivity contribution in [3.05, 3.63) is 46.7 Å². The molecule has 1 amide bonds. The molecule has 0 saturated carbocycles. The molecule has 1 aromatic carbocycles. The van der Waals surface area contributed by atoms with Crippen molar-refractivity contribution < 1.29 is 4.79 Å². The Hall–Kier alpha value is -1.85. The van der Waals surface area contributed by atoms with Crippen LogP contribution in [-0.4, -0.2) is 37.5 Å². The molecule has 1 aliphatic rings. The molecular formula is C20H27N3OS. The third-order valence-electron chi connectivity index (χ3n) is 4.57. The number of carbonyl (C=O) groups excluding carboxylic acids is 1. The number of anilines is 2. The molecule has 3 rings (SSSR count). The van der Waals surface area contributed by atoms with Crippen LogP contribution in [0.2, 0.25) is 0 Å². The summed E-state index contributed by atoms with van der Waals surface area (Å²) in [6, 6.07) is 10.4. The fourth-order valence-corrected chi connectivity index (χ4v) is 3.94. The fourth-order valence-electron chi connectivity index (χ4n) is 3.28. The van der Waals surface area contributed by atoms with E-state index in [-0.39, 0.29) is 5.91 Å². The highest BCUT2D eigenvalue weighted by Crippen LogP contribution is 2.21. The zero-order valence-electron chi connectivity index (χ0n) is 14.9. The van der Waals surface area contributed by atoms with Crippen molar-refractivity contribution >= 4 is 28.6 Å². The first-order chi connectivity index (χ1) is 12.2. The molecule has 4 nitrogen and oxygen atoms in total. The number of hydrogen-bond donors (Lipinski definition) is 1. The molecule has 0 radical (unpaired) electrons. The van der Waals surface area contributed by atoms with Crippen molar-refractivity contribution in [2.75, 3.05) is 36.9 Å². The lowest BCUT2D eigenvalue weighted by Crippen LogP contribution is -2.29. The number of carbonyl (C=O) groups is 1. The van der Waals surface area contributed by atoms with E-state index in [1.165, 1.54) is 36.9 Å². The van der Waals surface area contributed by atoms with Crippen LogP contribution < -0.4 is 10.2 Å². The largest absolute Gasteiger partial charge is 0.372 e. The standard InChI is InChI=1S/C20H27N3OS/c1-22(14-17-10-13-25-16-17)15-20(24)21-18-6-8-19(9-7-18)23-11-4-2-3-5-12-23/h6-10,13,16H,2-5,11-12,14-15H2,1H3,(H,21,24). The maximum absolute atomic E-state index is 12.2. The Morgan fingerprint density at radius 3 is 2.48 bits per heavy atom. The SMILES string of the molecule is CN(CC(=O)Nc1ccc(N2CCCCCC2)cc1)Cc1ccsc1. The maximum Gasteiger partial charge on any atom is 0.238 e. The van der Waals surface area contributed by atoms with E-state index in [9.17, 15) is 4.79 Å². The number of rotatable bonds is 6. The number of hydrogen-bond acceptors (Lipinski definition) is 4. The molecule has 1 fully saturated rings. The topological polar surface area (TPSA) is 35.6 Å². The van der Waals surface area contributed by atoms with Crippen LogP contribution in [-0.2, 0) is 11.3 Å². The minimum atomic E-state index is 0.0280. The summed E-state index contributed by atoms with van der Waals surface area (Å²) in [5, 5.41) is 7.18. The monoisotopic (exact) mass is 357 g/mol. The number of nitrogens with one attached hydrogen (secondary N) is 1. The average molecular weight is 358 g/mol. The van der Waals surface area contributed by atoms with Gasteiger partial charge in [-0.25, -0.2) is 0 Å². The quantitative estimate of drug-likeness (QED) is 0.842. The Kier molecular flexibility index (Phi) is 6.48. The minimum Gasteiger partial charge on any atom is -0.372 e. The van der Waals surface area contributed by atoms with E-state index >= 15 is 0 Å². The lowest BCUT2D eigenvalue weighted by atomic mass is 10.2. The Labute approximate surface area is 154 Å². The minimum absolute atomic E-state index is 0.0280. The van der Waals surface area contributed by atoms with Crippen LogP contribution in [0, 0.1) is 0 Å². The van der Waals surface area contributed by atoms with Gasteiger partial charge in [0, 0.05) is 31.0 Å². The second-order valence-corrected chi connectivity index (χ2v) is 7.58. The lowest BCUT2D eigenvalue weighted by molar-refractivity contribution is -0.117. The summed E-state index contributed by atoms with van der Waals surface area (Å²) in [6.45, 7) is 3.46. The zero-order chi connectivity index (χ0) is 17.5. The summed E-state index contributed by atoms with van der Waals surface area (Å²) < 4.78 is 0. The van der Waals surface area contributed by atoms with E-state index in [4.69, 9.17) is 0 Å². The zero-order valence-corrected chi connectivity index (χ0v) is 15.7. The summed E-state index contributed by atoms with van der Waals surface area (Å²) in [4.78, 5) is 16.7. The van der Waals surface area contributed by atoms with Gasteiger partial charge >= 0.3 is 0 Å². The normalized spacial score (nSPS) is 15.2. The Balaban J connectivity index is 1.49. The number of amides is 1. The van der Waals surface area contributed by atoms with Gasteiger partial charge in [0.15, 0.2) is 0 Å². The van der Waals surface area contributed by atoms with Gasteiger partial charge < -0.3 is 10.2 Å². The van der Waals surface area contributed by atoms with Gasteiger partial charge in [-0.05, 0) is 66.5 Å². The number of benzene rings is 1. The Morgan fingerprint density at radius 1 is 1.12 bits per heavy atom. The highest BCUT2D eigenvalue weighted by molar-refractivity contribution is 7.07. The van der Waals surface area contributed by atoms with E-state index in [1.54, 1.807) is 11.3 Å². The van der Waals surface area contributed by atoms with Crippen molar-refractivity contribution in [2.24, 2.45) is 0 Å². The first kappa shape index (κ1) is 18.0. The highest BCUT2D eigenvalue weighted by Gasteiger charge is 2.11. The van der Waals surface area contributed by atoms with Gasteiger partial charge in [0.1, 0.15) is 0 Å². The van der Waals surface area contributed by atoms with Crippen molar-refractivity contribution in [1.82, 2.24) is 4.90 Å². The Morgan fingerprint density at radius 2 is 1.84 bits per heavy atom. The molecule has 0 aliphatic carbocycles. The van der Waals surface area contributed by atoms with E-state index in [0.29, 0.717) is 6.54 Å². The average Bonchev–Trinajstić information content (AvgIpc) is 2.94. The van der Waals surface area contributed by atoms with Gasteiger partial charge in [-0.1, -0.05) is 12.8 Å². The molecule has 1 aliphatic heterocycles. The first-order valence-electron chi connectivity index (χ1n) is 9.05. The Bertz CT molecular complexity index is 646. The molecule has 2 heterocycles. The van der Waals surface area contributed by atoms with Crippen LogP contribution in [0.15, 0.2) is 41.1 Å². The molecule has 2 aromatic rings. The highest BCUT2D eigenvalue weighted by atomic mass is 32.1. The molecule has 1 saturated heterocycles. The fraction of sp³-hybridized carbons (Fsp3) is 0.450. The van der Waals surface area contributed by atoms with Gasteiger partial charge in [-0.3, -0.25) is 9.69 Å². The van der Waals surface area contributed by atoms with Gasteiger partial charge in [0.05, 0.1) is 6.54 Å². The molecule has 0 unspecified atom stereocenters. The van der Waals surface area contributed by atoms with Crippen LogP contribution in [0.4, 0.5) is 11.4 Å². The molecule has 0 bridgehead atoms. The lowest BCUT2D eigenvalue weighted by Gasteiger charge is -2.23. The molecule has 1 aromatic heterocycles. The van der Waals surface area contributed by atoms with E-state index in [2.05, 4.69) is 39.2 Å². The third kappa shape index (κ3) is 5.58. The number of thiophene rings is 1. The van der Waals surface area contributed by atoms with E-state index in [1.807, 2.05) is 24.1 Å². The number of nitrogens with zero attached hydrogens (tertiary/aromatic N) is 2.